The van der Waals surface area contributed by atoms with Crippen LogP contribution in [0.15, 0.2) is 23.6 Å². The molecule has 0 aliphatic heterocycles. The molecule has 25 heavy (non-hydrogen) atoms. The zero-order valence-electron chi connectivity index (χ0n) is 13.7. The molecular weight excluding hydrogens is 350 g/mol. The van der Waals surface area contributed by atoms with E-state index >= 15 is 0 Å². The van der Waals surface area contributed by atoms with E-state index < -0.39 is 17.6 Å². The van der Waals surface area contributed by atoms with Gasteiger partial charge in [-0.25, -0.2) is 13.8 Å². The smallest absolute Gasteiger partial charge is 0.305 e. The molecule has 1 aromatic heterocycles. The first-order chi connectivity index (χ1) is 11.9. The Labute approximate surface area is 147 Å². The topological polar surface area (TPSA) is 70.5 Å². The van der Waals surface area contributed by atoms with Crippen molar-refractivity contribution in [1.82, 2.24) is 9.88 Å². The highest BCUT2D eigenvalue weighted by Gasteiger charge is 2.18. The van der Waals surface area contributed by atoms with E-state index in [0.29, 0.717) is 11.3 Å². The number of nitrogens with zero attached hydrogens (tertiary/aromatic N) is 2. The van der Waals surface area contributed by atoms with Gasteiger partial charge < -0.3 is 10.0 Å². The second-order valence-electron chi connectivity index (χ2n) is 5.47. The summed E-state index contributed by atoms with van der Waals surface area (Å²) in [6, 6.07) is 3.37. The van der Waals surface area contributed by atoms with Crippen LogP contribution in [0.25, 0.3) is 0 Å². The number of aryl methyl sites for hydroxylation is 1. The highest BCUT2D eigenvalue weighted by Crippen LogP contribution is 2.15. The fraction of sp³-hybridized carbons (Fsp3) is 0.353. The maximum absolute atomic E-state index is 13.4. The van der Waals surface area contributed by atoms with Gasteiger partial charge in [0.1, 0.15) is 0 Å². The molecule has 1 heterocycles. The number of carboxylic acids is 1. The average molecular weight is 368 g/mol. The van der Waals surface area contributed by atoms with Crippen molar-refractivity contribution < 1.29 is 23.5 Å². The van der Waals surface area contributed by atoms with E-state index in [2.05, 4.69) is 4.98 Å². The van der Waals surface area contributed by atoms with Crippen LogP contribution in [0.3, 0.4) is 0 Å². The van der Waals surface area contributed by atoms with Crippen molar-refractivity contribution in [2.24, 2.45) is 0 Å². The van der Waals surface area contributed by atoms with Crippen molar-refractivity contribution >= 4 is 23.2 Å². The lowest BCUT2D eigenvalue weighted by Crippen LogP contribution is -2.34. The Hall–Kier alpha value is -2.35. The lowest BCUT2D eigenvalue weighted by molar-refractivity contribution is -0.138. The van der Waals surface area contributed by atoms with E-state index in [1.54, 1.807) is 5.38 Å². The summed E-state index contributed by atoms with van der Waals surface area (Å²) in [4.78, 5) is 29.0. The van der Waals surface area contributed by atoms with Crippen LogP contribution in [0.4, 0.5) is 8.78 Å². The number of thiazole rings is 1. The third-order valence-electron chi connectivity index (χ3n) is 3.54. The third-order valence-corrected chi connectivity index (χ3v) is 4.58. The van der Waals surface area contributed by atoms with E-state index in [0.717, 1.165) is 23.6 Å². The minimum absolute atomic E-state index is 0.00802. The Morgan fingerprint density at radius 1 is 1.28 bits per heavy atom. The van der Waals surface area contributed by atoms with Gasteiger partial charge in [-0.1, -0.05) is 13.0 Å². The van der Waals surface area contributed by atoms with Gasteiger partial charge >= 0.3 is 5.97 Å². The summed E-state index contributed by atoms with van der Waals surface area (Å²) >= 11 is 1.46. The number of carbonyl (C=O) groups excluding carboxylic acids is 1. The lowest BCUT2D eigenvalue weighted by Gasteiger charge is -2.22. The molecular formula is C17H18F2N2O3S. The summed E-state index contributed by atoms with van der Waals surface area (Å²) in [6.07, 6.45) is 0.586. The molecule has 5 nitrogen and oxygen atoms in total. The molecule has 0 radical (unpaired) electrons. The van der Waals surface area contributed by atoms with Crippen molar-refractivity contribution in [2.45, 2.75) is 32.7 Å². The first-order valence-electron chi connectivity index (χ1n) is 7.75. The molecule has 0 atom stereocenters. The van der Waals surface area contributed by atoms with Crippen LogP contribution in [0, 0.1) is 11.6 Å². The summed E-state index contributed by atoms with van der Waals surface area (Å²) in [5, 5.41) is 11.6. The number of aromatic nitrogens is 1. The summed E-state index contributed by atoms with van der Waals surface area (Å²) in [6.45, 7) is 1.96. The van der Waals surface area contributed by atoms with Crippen LogP contribution in [-0.2, 0) is 29.0 Å². The Kier molecular flexibility index (Phi) is 6.58. The van der Waals surface area contributed by atoms with Gasteiger partial charge in [-0.2, -0.15) is 0 Å². The van der Waals surface area contributed by atoms with Gasteiger partial charge in [0, 0.05) is 18.5 Å². The predicted octanol–water partition coefficient (Wildman–Crippen LogP) is 3.03. The van der Waals surface area contributed by atoms with Crippen molar-refractivity contribution in [2.75, 3.05) is 6.54 Å². The van der Waals surface area contributed by atoms with Crippen LogP contribution in [0.1, 0.15) is 29.6 Å². The standard InChI is InChI=1S/C17H18F2N2O3S/c1-2-15-20-12(10-25-15)8-16(22)21(6-5-17(23)24)9-11-3-4-13(18)14(19)7-11/h3-4,7,10H,2,5-6,8-9H2,1H3,(H,23,24). The molecule has 0 aliphatic carbocycles. The van der Waals surface area contributed by atoms with Crippen molar-refractivity contribution in [3.63, 3.8) is 0 Å². The average Bonchev–Trinajstić information content (AvgIpc) is 3.02. The van der Waals surface area contributed by atoms with Gasteiger partial charge in [0.05, 0.1) is 23.5 Å². The summed E-state index contributed by atoms with van der Waals surface area (Å²) in [5.74, 6) is -3.32. The van der Waals surface area contributed by atoms with Gasteiger partial charge in [-0.3, -0.25) is 9.59 Å². The number of hydrogen-bond acceptors (Lipinski definition) is 4. The zero-order valence-corrected chi connectivity index (χ0v) is 14.5. The lowest BCUT2D eigenvalue weighted by atomic mass is 10.1. The predicted molar refractivity (Wildman–Crippen MR) is 89.2 cm³/mol. The van der Waals surface area contributed by atoms with Crippen LogP contribution < -0.4 is 0 Å². The molecule has 2 rings (SSSR count). The molecule has 8 heteroatoms. The van der Waals surface area contributed by atoms with Gasteiger partial charge in [-0.05, 0) is 24.1 Å². The molecule has 0 saturated carbocycles. The Bertz CT molecular complexity index is 764. The fourth-order valence-electron chi connectivity index (χ4n) is 2.24. The Morgan fingerprint density at radius 3 is 2.64 bits per heavy atom. The molecule has 1 N–H and O–H groups in total. The number of hydrogen-bond donors (Lipinski definition) is 1. The van der Waals surface area contributed by atoms with Gasteiger partial charge in [0.2, 0.25) is 5.91 Å². The highest BCUT2D eigenvalue weighted by molar-refractivity contribution is 7.09. The maximum atomic E-state index is 13.4. The summed E-state index contributed by atoms with van der Waals surface area (Å²) in [7, 11) is 0. The van der Waals surface area contributed by atoms with Gasteiger partial charge in [0.15, 0.2) is 11.6 Å². The highest BCUT2D eigenvalue weighted by atomic mass is 32.1. The van der Waals surface area contributed by atoms with Crippen LogP contribution in [-0.4, -0.2) is 33.4 Å². The SMILES string of the molecule is CCc1nc(CC(=O)N(CCC(=O)O)Cc2ccc(F)c(F)c2)cs1. The molecule has 1 amide bonds. The fourth-order valence-corrected chi connectivity index (χ4v) is 2.98. The van der Waals surface area contributed by atoms with E-state index in [1.807, 2.05) is 6.92 Å². The first-order valence-corrected chi connectivity index (χ1v) is 8.63. The molecule has 1 aromatic carbocycles. The Balaban J connectivity index is 2.11. The van der Waals surface area contributed by atoms with Gasteiger partial charge in [-0.15, -0.1) is 11.3 Å². The zero-order chi connectivity index (χ0) is 18.4. The Morgan fingerprint density at radius 2 is 2.04 bits per heavy atom. The van der Waals surface area contributed by atoms with E-state index in [9.17, 15) is 18.4 Å². The minimum atomic E-state index is -1.04. The molecule has 0 spiro atoms. The minimum Gasteiger partial charge on any atom is -0.481 e. The number of aliphatic carboxylic acids is 1. The molecule has 2 aromatic rings. The summed E-state index contributed by atoms with van der Waals surface area (Å²) < 4.78 is 26.4. The van der Waals surface area contributed by atoms with Crippen LogP contribution in [0.2, 0.25) is 0 Å². The van der Waals surface area contributed by atoms with Crippen LogP contribution >= 0.6 is 11.3 Å². The third kappa shape index (κ3) is 5.60. The quantitative estimate of drug-likeness (QED) is 0.778. The molecule has 0 bridgehead atoms. The molecule has 0 saturated heterocycles. The number of benzene rings is 1. The van der Waals surface area contributed by atoms with Crippen molar-refractivity contribution in [3.05, 3.63) is 51.5 Å². The maximum Gasteiger partial charge on any atom is 0.305 e. The number of halogens is 2. The summed E-state index contributed by atoms with van der Waals surface area (Å²) in [5.41, 5.74) is 1.02. The van der Waals surface area contributed by atoms with Gasteiger partial charge in [0.25, 0.3) is 0 Å². The monoisotopic (exact) mass is 368 g/mol. The number of carbonyl (C=O) groups is 2. The van der Waals surface area contributed by atoms with Crippen LogP contribution in [0.5, 0.6) is 0 Å². The van der Waals surface area contributed by atoms with Crippen molar-refractivity contribution in [3.8, 4) is 0 Å². The molecule has 134 valence electrons. The normalized spacial score (nSPS) is 10.7. The second kappa shape index (κ2) is 8.66. The number of amides is 1. The number of carboxylic acid groups (broad SMARTS) is 1. The molecule has 0 aliphatic rings. The molecule has 0 fully saturated rings. The largest absolute Gasteiger partial charge is 0.481 e. The van der Waals surface area contributed by atoms with Crippen molar-refractivity contribution in [1.29, 1.82) is 0 Å². The van der Waals surface area contributed by atoms with E-state index in [-0.39, 0.29) is 31.8 Å². The molecule has 0 unspecified atom stereocenters. The number of rotatable bonds is 8. The van der Waals surface area contributed by atoms with E-state index in [4.69, 9.17) is 5.11 Å². The second-order valence-corrected chi connectivity index (χ2v) is 6.41. The van der Waals surface area contributed by atoms with E-state index in [1.165, 1.54) is 22.3 Å². The first kappa shape index (κ1) is 19.0.